The Hall–Kier alpha value is -1.01. The Bertz CT molecular complexity index is 357. The largest absolute Gasteiger partial charge is 0.496 e. The molecule has 0 amide bonds. The van der Waals surface area contributed by atoms with Crippen LogP contribution in [0.5, 0.6) is 5.75 Å². The maximum atomic E-state index is 8.63. The van der Waals surface area contributed by atoms with E-state index in [1.54, 1.807) is 7.11 Å². The van der Waals surface area contributed by atoms with Crippen molar-refractivity contribution in [3.8, 4) is 11.8 Å². The van der Waals surface area contributed by atoms with Crippen molar-refractivity contribution in [2.24, 2.45) is 0 Å². The molecule has 0 aliphatic heterocycles. The van der Waals surface area contributed by atoms with Crippen LogP contribution in [0.4, 0.5) is 0 Å². The summed E-state index contributed by atoms with van der Waals surface area (Å²) in [6, 6.07) is 8.01. The highest BCUT2D eigenvalue weighted by molar-refractivity contribution is 9.10. The summed E-state index contributed by atoms with van der Waals surface area (Å²) in [7, 11) is 1.64. The predicted molar refractivity (Wildman–Crippen MR) is 59.3 cm³/mol. The van der Waals surface area contributed by atoms with E-state index in [0.717, 1.165) is 15.8 Å². The Kier molecular flexibility index (Phi) is 3.97. The van der Waals surface area contributed by atoms with Crippen LogP contribution < -0.4 is 4.74 Å². The number of hydrogen-bond donors (Lipinski definition) is 0. The monoisotopic (exact) mass is 253 g/mol. The second kappa shape index (κ2) is 5.02. The topological polar surface area (TPSA) is 33.0 Å². The fourth-order valence-electron chi connectivity index (χ4n) is 1.34. The highest BCUT2D eigenvalue weighted by Gasteiger charge is 2.11. The van der Waals surface area contributed by atoms with Gasteiger partial charge in [0.15, 0.2) is 0 Å². The molecule has 0 N–H and O–H groups in total. The van der Waals surface area contributed by atoms with Crippen LogP contribution >= 0.6 is 15.9 Å². The molecule has 0 spiro atoms. The summed E-state index contributed by atoms with van der Waals surface area (Å²) in [6.45, 7) is 2.02. The molecule has 1 aromatic rings. The lowest BCUT2D eigenvalue weighted by Gasteiger charge is -2.13. The first kappa shape index (κ1) is 11.1. The number of halogens is 1. The van der Waals surface area contributed by atoms with Crippen molar-refractivity contribution in [1.29, 1.82) is 5.26 Å². The van der Waals surface area contributed by atoms with Crippen molar-refractivity contribution in [2.75, 3.05) is 7.11 Å². The van der Waals surface area contributed by atoms with Crippen LogP contribution in [0.25, 0.3) is 0 Å². The minimum Gasteiger partial charge on any atom is -0.496 e. The zero-order valence-corrected chi connectivity index (χ0v) is 9.84. The third kappa shape index (κ3) is 2.49. The highest BCUT2D eigenvalue weighted by atomic mass is 79.9. The Labute approximate surface area is 92.6 Å². The smallest absolute Gasteiger partial charge is 0.122 e. The molecule has 3 heteroatoms. The van der Waals surface area contributed by atoms with E-state index in [4.69, 9.17) is 10.00 Å². The zero-order valence-electron chi connectivity index (χ0n) is 8.25. The Morgan fingerprint density at radius 3 is 2.86 bits per heavy atom. The molecule has 0 radical (unpaired) electrons. The highest BCUT2D eigenvalue weighted by Crippen LogP contribution is 2.30. The van der Waals surface area contributed by atoms with Gasteiger partial charge < -0.3 is 4.74 Å². The molecule has 14 heavy (non-hydrogen) atoms. The summed E-state index contributed by atoms with van der Waals surface area (Å²) in [4.78, 5) is 0. The van der Waals surface area contributed by atoms with Gasteiger partial charge in [-0.05, 0) is 29.7 Å². The average molecular weight is 254 g/mol. The molecule has 0 saturated heterocycles. The van der Waals surface area contributed by atoms with Gasteiger partial charge in [-0.3, -0.25) is 0 Å². The fourth-order valence-corrected chi connectivity index (χ4v) is 1.72. The van der Waals surface area contributed by atoms with Gasteiger partial charge in [0.05, 0.1) is 13.2 Å². The lowest BCUT2D eigenvalue weighted by atomic mass is 9.97. The minimum absolute atomic E-state index is 0.201. The number of benzene rings is 1. The van der Waals surface area contributed by atoms with E-state index in [-0.39, 0.29) is 5.92 Å². The standard InChI is InChI=1S/C11H12BrNO/c1-8(5-6-13)10-7-9(12)3-4-11(10)14-2/h3-4,7-8H,5H2,1-2H3. The molecule has 0 heterocycles. The number of methoxy groups -OCH3 is 1. The molecule has 1 rings (SSSR count). The van der Waals surface area contributed by atoms with E-state index in [1.165, 1.54) is 0 Å². The molecule has 1 atom stereocenters. The van der Waals surface area contributed by atoms with Crippen molar-refractivity contribution in [2.45, 2.75) is 19.3 Å². The van der Waals surface area contributed by atoms with Gasteiger partial charge >= 0.3 is 0 Å². The van der Waals surface area contributed by atoms with Crippen LogP contribution in [0.15, 0.2) is 22.7 Å². The van der Waals surface area contributed by atoms with E-state index >= 15 is 0 Å². The van der Waals surface area contributed by atoms with E-state index in [2.05, 4.69) is 22.0 Å². The van der Waals surface area contributed by atoms with Gasteiger partial charge in [-0.2, -0.15) is 5.26 Å². The Balaban J connectivity index is 3.04. The van der Waals surface area contributed by atoms with Crippen molar-refractivity contribution in [3.63, 3.8) is 0 Å². The van der Waals surface area contributed by atoms with Gasteiger partial charge in [-0.1, -0.05) is 22.9 Å². The van der Waals surface area contributed by atoms with E-state index in [1.807, 2.05) is 25.1 Å². The van der Waals surface area contributed by atoms with Crippen molar-refractivity contribution in [3.05, 3.63) is 28.2 Å². The summed E-state index contributed by atoms with van der Waals surface area (Å²) in [6.07, 6.45) is 0.507. The normalized spacial score (nSPS) is 11.9. The van der Waals surface area contributed by atoms with Crippen molar-refractivity contribution < 1.29 is 4.74 Å². The summed E-state index contributed by atoms with van der Waals surface area (Å²) >= 11 is 3.41. The summed E-state index contributed by atoms with van der Waals surface area (Å²) in [5.74, 6) is 1.04. The fraction of sp³-hybridized carbons (Fsp3) is 0.364. The average Bonchev–Trinajstić information content (AvgIpc) is 2.18. The summed E-state index contributed by atoms with van der Waals surface area (Å²) in [5.41, 5.74) is 1.07. The van der Waals surface area contributed by atoms with Gasteiger partial charge in [-0.15, -0.1) is 0 Å². The lowest BCUT2D eigenvalue weighted by molar-refractivity contribution is 0.406. The van der Waals surface area contributed by atoms with Crippen LogP contribution in [0.2, 0.25) is 0 Å². The van der Waals surface area contributed by atoms with Crippen molar-refractivity contribution >= 4 is 15.9 Å². The first-order chi connectivity index (χ1) is 6.69. The molecule has 74 valence electrons. The SMILES string of the molecule is COc1ccc(Br)cc1C(C)CC#N. The predicted octanol–water partition coefficient (Wildman–Crippen LogP) is 3.47. The van der Waals surface area contributed by atoms with Crippen LogP contribution in [-0.4, -0.2) is 7.11 Å². The zero-order chi connectivity index (χ0) is 10.6. The van der Waals surface area contributed by atoms with Gasteiger partial charge in [0.25, 0.3) is 0 Å². The Morgan fingerprint density at radius 1 is 1.57 bits per heavy atom. The van der Waals surface area contributed by atoms with Crippen LogP contribution in [-0.2, 0) is 0 Å². The lowest BCUT2D eigenvalue weighted by Crippen LogP contribution is -1.96. The quantitative estimate of drug-likeness (QED) is 0.827. The molecule has 0 aliphatic carbocycles. The molecule has 2 nitrogen and oxygen atoms in total. The van der Waals surface area contributed by atoms with Gasteiger partial charge in [0.1, 0.15) is 5.75 Å². The first-order valence-electron chi connectivity index (χ1n) is 4.39. The van der Waals surface area contributed by atoms with E-state index in [9.17, 15) is 0 Å². The molecule has 1 unspecified atom stereocenters. The molecular weight excluding hydrogens is 242 g/mol. The maximum absolute atomic E-state index is 8.63. The molecule has 0 bridgehead atoms. The van der Waals surface area contributed by atoms with Crippen LogP contribution in [0, 0.1) is 11.3 Å². The molecule has 0 aromatic heterocycles. The Morgan fingerprint density at radius 2 is 2.29 bits per heavy atom. The van der Waals surface area contributed by atoms with E-state index < -0.39 is 0 Å². The summed E-state index contributed by atoms with van der Waals surface area (Å²) < 4.78 is 6.25. The van der Waals surface area contributed by atoms with E-state index in [0.29, 0.717) is 6.42 Å². The number of ether oxygens (including phenoxy) is 1. The number of nitriles is 1. The van der Waals surface area contributed by atoms with Crippen LogP contribution in [0.3, 0.4) is 0 Å². The second-order valence-electron chi connectivity index (χ2n) is 3.15. The molecule has 0 fully saturated rings. The van der Waals surface area contributed by atoms with Gasteiger partial charge in [-0.25, -0.2) is 0 Å². The molecule has 1 aromatic carbocycles. The summed E-state index contributed by atoms with van der Waals surface area (Å²) in [5, 5.41) is 8.63. The third-order valence-corrected chi connectivity index (χ3v) is 2.61. The van der Waals surface area contributed by atoms with Crippen LogP contribution in [0.1, 0.15) is 24.8 Å². The van der Waals surface area contributed by atoms with Crippen molar-refractivity contribution in [1.82, 2.24) is 0 Å². The molecule has 0 aliphatic rings. The van der Waals surface area contributed by atoms with Gasteiger partial charge in [0, 0.05) is 10.9 Å². The number of rotatable bonds is 3. The second-order valence-corrected chi connectivity index (χ2v) is 4.07. The number of nitrogens with zero attached hydrogens (tertiary/aromatic N) is 1. The first-order valence-corrected chi connectivity index (χ1v) is 5.18. The number of hydrogen-bond acceptors (Lipinski definition) is 2. The van der Waals surface area contributed by atoms with Gasteiger partial charge in [0.2, 0.25) is 0 Å². The maximum Gasteiger partial charge on any atom is 0.122 e. The third-order valence-electron chi connectivity index (χ3n) is 2.12. The minimum atomic E-state index is 0.201. The molecule has 0 saturated carbocycles. The molecular formula is C11H12BrNO.